The largest absolute Gasteiger partial charge is 0.351 e. The van der Waals surface area contributed by atoms with Crippen LogP contribution >= 0.6 is 27.3 Å². The van der Waals surface area contributed by atoms with E-state index in [4.69, 9.17) is 0 Å². The minimum absolute atomic E-state index is 0.112. The van der Waals surface area contributed by atoms with Crippen molar-refractivity contribution in [1.29, 1.82) is 0 Å². The zero-order valence-electron chi connectivity index (χ0n) is 12.9. The molecule has 1 N–H and O–H groups in total. The summed E-state index contributed by atoms with van der Waals surface area (Å²) in [5.41, 5.74) is 1.54. The Morgan fingerprint density at radius 2 is 2.22 bits per heavy atom. The highest BCUT2D eigenvalue weighted by Gasteiger charge is 2.14. The van der Waals surface area contributed by atoms with Gasteiger partial charge in [-0.15, -0.1) is 0 Å². The maximum atomic E-state index is 13.6. The van der Waals surface area contributed by atoms with Crippen molar-refractivity contribution in [2.75, 3.05) is 20.6 Å². The van der Waals surface area contributed by atoms with Crippen molar-refractivity contribution >= 4 is 39.2 Å². The van der Waals surface area contributed by atoms with Crippen molar-refractivity contribution < 1.29 is 9.18 Å². The standard InChI is InChI=1S/C17H18BrFN2OS/c1-21(2)16(13-7-8-23-11-13)10-20-17(22)6-3-12-9-14(18)4-5-15(12)19/h3-9,11,16H,10H2,1-2H3,(H,20,22). The summed E-state index contributed by atoms with van der Waals surface area (Å²) in [5.74, 6) is -0.604. The van der Waals surface area contributed by atoms with Crippen LogP contribution in [0.15, 0.2) is 45.6 Å². The van der Waals surface area contributed by atoms with Crippen LogP contribution in [0.4, 0.5) is 4.39 Å². The van der Waals surface area contributed by atoms with Crippen LogP contribution in [-0.4, -0.2) is 31.4 Å². The highest BCUT2D eigenvalue weighted by Crippen LogP contribution is 2.20. The summed E-state index contributed by atoms with van der Waals surface area (Å²) in [5, 5.41) is 6.95. The van der Waals surface area contributed by atoms with Crippen LogP contribution in [0.1, 0.15) is 17.2 Å². The number of nitrogens with one attached hydrogen (secondary N) is 1. The van der Waals surface area contributed by atoms with Crippen LogP contribution in [0.5, 0.6) is 0 Å². The number of likely N-dealkylation sites (N-methyl/N-ethyl adjacent to an activating group) is 1. The van der Waals surface area contributed by atoms with Crippen LogP contribution in [0.2, 0.25) is 0 Å². The highest BCUT2D eigenvalue weighted by atomic mass is 79.9. The minimum atomic E-state index is -0.360. The average Bonchev–Trinajstić information content (AvgIpc) is 3.02. The molecule has 0 saturated carbocycles. The van der Waals surface area contributed by atoms with E-state index in [0.29, 0.717) is 12.1 Å². The summed E-state index contributed by atoms with van der Waals surface area (Å²) in [7, 11) is 3.95. The topological polar surface area (TPSA) is 32.3 Å². The Bertz CT molecular complexity index is 686. The molecule has 23 heavy (non-hydrogen) atoms. The molecule has 0 spiro atoms. The fraction of sp³-hybridized carbons (Fsp3) is 0.235. The molecule has 0 radical (unpaired) electrons. The van der Waals surface area contributed by atoms with Crippen molar-refractivity contribution in [3.05, 3.63) is 62.5 Å². The van der Waals surface area contributed by atoms with E-state index in [0.717, 1.165) is 4.47 Å². The lowest BCUT2D eigenvalue weighted by Crippen LogP contribution is -2.33. The van der Waals surface area contributed by atoms with E-state index in [2.05, 4.69) is 31.5 Å². The molecule has 2 aromatic rings. The molecule has 0 aliphatic heterocycles. The van der Waals surface area contributed by atoms with E-state index in [1.54, 1.807) is 23.5 Å². The monoisotopic (exact) mass is 396 g/mol. The number of thiophene rings is 1. The van der Waals surface area contributed by atoms with Gasteiger partial charge in [-0.05, 0) is 60.8 Å². The SMILES string of the molecule is CN(C)C(CNC(=O)C=Cc1cc(Br)ccc1F)c1ccsc1. The van der Waals surface area contributed by atoms with Gasteiger partial charge >= 0.3 is 0 Å². The van der Waals surface area contributed by atoms with Crippen molar-refractivity contribution in [2.24, 2.45) is 0 Å². The number of hydrogen-bond acceptors (Lipinski definition) is 3. The third kappa shape index (κ3) is 5.27. The number of hydrogen-bond donors (Lipinski definition) is 1. The Morgan fingerprint density at radius 3 is 2.87 bits per heavy atom. The lowest BCUT2D eigenvalue weighted by atomic mass is 10.1. The fourth-order valence-electron chi connectivity index (χ4n) is 2.13. The first-order chi connectivity index (χ1) is 11.0. The fourth-order valence-corrected chi connectivity index (χ4v) is 3.21. The number of carbonyl (C=O) groups is 1. The van der Waals surface area contributed by atoms with Gasteiger partial charge in [-0.25, -0.2) is 4.39 Å². The molecule has 1 aromatic carbocycles. The molecule has 0 bridgehead atoms. The van der Waals surface area contributed by atoms with E-state index in [1.807, 2.05) is 25.5 Å². The van der Waals surface area contributed by atoms with Gasteiger partial charge < -0.3 is 10.2 Å². The molecule has 0 fully saturated rings. The van der Waals surface area contributed by atoms with Crippen LogP contribution < -0.4 is 5.32 Å². The van der Waals surface area contributed by atoms with Crippen LogP contribution in [0, 0.1) is 5.82 Å². The molecule has 0 saturated heterocycles. The maximum absolute atomic E-state index is 13.6. The molecule has 1 amide bonds. The number of halogens is 2. The van der Waals surface area contributed by atoms with Crippen LogP contribution in [0.25, 0.3) is 6.08 Å². The summed E-state index contributed by atoms with van der Waals surface area (Å²) in [6.07, 6.45) is 2.83. The molecule has 3 nitrogen and oxygen atoms in total. The molecule has 0 aliphatic rings. The Labute approximate surface area is 147 Å². The summed E-state index contributed by atoms with van der Waals surface area (Å²) in [6.45, 7) is 0.494. The molecule has 2 rings (SSSR count). The normalized spacial score (nSPS) is 12.7. The number of rotatable bonds is 6. The average molecular weight is 397 g/mol. The van der Waals surface area contributed by atoms with Gasteiger partial charge in [-0.2, -0.15) is 11.3 Å². The predicted octanol–water partition coefficient (Wildman–Crippen LogP) is 4.08. The molecule has 1 unspecified atom stereocenters. The van der Waals surface area contributed by atoms with E-state index < -0.39 is 0 Å². The Balaban J connectivity index is 1.96. The first-order valence-electron chi connectivity index (χ1n) is 7.07. The van der Waals surface area contributed by atoms with E-state index in [-0.39, 0.29) is 17.8 Å². The number of amides is 1. The van der Waals surface area contributed by atoms with Crippen LogP contribution in [-0.2, 0) is 4.79 Å². The Hall–Kier alpha value is -1.50. The number of benzene rings is 1. The zero-order chi connectivity index (χ0) is 16.8. The molecule has 6 heteroatoms. The molecule has 1 atom stereocenters. The predicted molar refractivity (Wildman–Crippen MR) is 96.9 cm³/mol. The lowest BCUT2D eigenvalue weighted by molar-refractivity contribution is -0.116. The second-order valence-corrected chi connectivity index (χ2v) is 6.98. The first-order valence-corrected chi connectivity index (χ1v) is 8.80. The molecular formula is C17H18BrFN2OS. The third-order valence-corrected chi connectivity index (χ3v) is 4.59. The van der Waals surface area contributed by atoms with Gasteiger partial charge in [0.25, 0.3) is 0 Å². The smallest absolute Gasteiger partial charge is 0.244 e. The van der Waals surface area contributed by atoms with Gasteiger partial charge in [0, 0.05) is 22.7 Å². The number of nitrogens with zero attached hydrogens (tertiary/aromatic N) is 1. The van der Waals surface area contributed by atoms with Crippen molar-refractivity contribution in [2.45, 2.75) is 6.04 Å². The zero-order valence-corrected chi connectivity index (χ0v) is 15.3. The van der Waals surface area contributed by atoms with Crippen molar-refractivity contribution in [3.8, 4) is 0 Å². The van der Waals surface area contributed by atoms with Crippen LogP contribution in [0.3, 0.4) is 0 Å². The van der Waals surface area contributed by atoms with E-state index in [1.165, 1.54) is 23.8 Å². The van der Waals surface area contributed by atoms with E-state index >= 15 is 0 Å². The summed E-state index contributed by atoms with van der Waals surface area (Å²) in [4.78, 5) is 14.0. The molecule has 0 aliphatic carbocycles. The summed E-state index contributed by atoms with van der Waals surface area (Å²) < 4.78 is 14.4. The first kappa shape index (κ1) is 17.8. The second-order valence-electron chi connectivity index (χ2n) is 5.28. The lowest BCUT2D eigenvalue weighted by Gasteiger charge is -2.23. The summed E-state index contributed by atoms with van der Waals surface area (Å²) in [6, 6.07) is 6.78. The van der Waals surface area contributed by atoms with E-state index in [9.17, 15) is 9.18 Å². The van der Waals surface area contributed by atoms with Gasteiger partial charge in [0.2, 0.25) is 5.91 Å². The summed E-state index contributed by atoms with van der Waals surface area (Å²) >= 11 is 4.92. The van der Waals surface area contributed by atoms with Gasteiger partial charge in [-0.1, -0.05) is 15.9 Å². The van der Waals surface area contributed by atoms with Crippen molar-refractivity contribution in [1.82, 2.24) is 10.2 Å². The quantitative estimate of drug-likeness (QED) is 0.745. The van der Waals surface area contributed by atoms with Gasteiger partial charge in [0.1, 0.15) is 5.82 Å². The molecule has 1 heterocycles. The minimum Gasteiger partial charge on any atom is -0.351 e. The highest BCUT2D eigenvalue weighted by molar-refractivity contribution is 9.10. The van der Waals surface area contributed by atoms with Gasteiger partial charge in [0.05, 0.1) is 6.04 Å². The molecular weight excluding hydrogens is 379 g/mol. The number of carbonyl (C=O) groups excluding carboxylic acids is 1. The molecule has 1 aromatic heterocycles. The maximum Gasteiger partial charge on any atom is 0.244 e. The Kier molecular flexibility index (Phi) is 6.50. The Morgan fingerprint density at radius 1 is 1.43 bits per heavy atom. The molecule has 122 valence electrons. The van der Waals surface area contributed by atoms with Gasteiger partial charge in [-0.3, -0.25) is 4.79 Å². The second kappa shape index (κ2) is 8.38. The third-order valence-electron chi connectivity index (χ3n) is 3.39. The van der Waals surface area contributed by atoms with Crippen molar-refractivity contribution in [3.63, 3.8) is 0 Å². The van der Waals surface area contributed by atoms with Gasteiger partial charge in [0.15, 0.2) is 0 Å².